The first kappa shape index (κ1) is 23.4. The summed E-state index contributed by atoms with van der Waals surface area (Å²) in [6, 6.07) is 14.5. The number of likely N-dealkylation sites (N-methyl/N-ethyl adjacent to an activating group) is 1. The van der Waals surface area contributed by atoms with E-state index in [-0.39, 0.29) is 11.8 Å². The molecule has 164 valence electrons. The third kappa shape index (κ3) is 5.31. The minimum absolute atomic E-state index is 0.286. The molecule has 0 N–H and O–H groups in total. The lowest BCUT2D eigenvalue weighted by atomic mass is 10.0. The van der Waals surface area contributed by atoms with Crippen molar-refractivity contribution in [2.45, 2.75) is 45.4 Å². The van der Waals surface area contributed by atoms with Crippen LogP contribution in [-0.2, 0) is 9.59 Å². The predicted molar refractivity (Wildman–Crippen MR) is 128 cm³/mol. The summed E-state index contributed by atoms with van der Waals surface area (Å²) in [6.45, 7) is 2.59. The molecule has 6 heteroatoms. The van der Waals surface area contributed by atoms with E-state index < -0.39 is 0 Å². The van der Waals surface area contributed by atoms with Gasteiger partial charge in [0.1, 0.15) is 5.70 Å². The topological polar surface area (TPSA) is 40.6 Å². The first-order valence-electron chi connectivity index (χ1n) is 10.8. The highest BCUT2D eigenvalue weighted by molar-refractivity contribution is 6.41. The third-order valence-electron chi connectivity index (χ3n) is 5.56. The van der Waals surface area contributed by atoms with Gasteiger partial charge in [0.2, 0.25) is 0 Å². The number of carbonyl (C=O) groups is 2. The molecule has 0 unspecified atom stereocenters. The van der Waals surface area contributed by atoms with Crippen LogP contribution in [0.2, 0.25) is 10.0 Å². The lowest BCUT2D eigenvalue weighted by Gasteiger charge is -2.21. The molecule has 0 bridgehead atoms. The Morgan fingerprint density at radius 2 is 1.55 bits per heavy atom. The van der Waals surface area contributed by atoms with Crippen molar-refractivity contribution in [3.05, 3.63) is 69.8 Å². The van der Waals surface area contributed by atoms with Gasteiger partial charge in [-0.1, -0.05) is 86.5 Å². The first-order valence-corrected chi connectivity index (χ1v) is 11.6. The maximum Gasteiger partial charge on any atom is 0.278 e. The fourth-order valence-corrected chi connectivity index (χ4v) is 4.35. The number of imide groups is 1. The summed E-state index contributed by atoms with van der Waals surface area (Å²) in [5.74, 6) is -0.591. The Balaban J connectivity index is 1.92. The second-order valence-corrected chi connectivity index (χ2v) is 8.62. The Labute approximate surface area is 194 Å². The molecule has 0 fully saturated rings. The van der Waals surface area contributed by atoms with Crippen LogP contribution < -0.4 is 4.90 Å². The Kier molecular flexibility index (Phi) is 8.16. The van der Waals surface area contributed by atoms with Gasteiger partial charge in [-0.3, -0.25) is 14.5 Å². The summed E-state index contributed by atoms with van der Waals surface area (Å²) < 4.78 is 0. The standard InChI is InChI=1S/C25H28Cl2N2O2/c1-3-4-5-6-7-11-16-29-24(30)22(20-15-14-18(26)17-21(20)27)23(25(29)31)28(2)19-12-9-8-10-13-19/h8-10,12-15,17H,3-7,11,16H2,1-2H3. The summed E-state index contributed by atoms with van der Waals surface area (Å²) in [4.78, 5) is 29.9. The highest BCUT2D eigenvalue weighted by atomic mass is 35.5. The van der Waals surface area contributed by atoms with E-state index in [9.17, 15) is 9.59 Å². The molecule has 31 heavy (non-hydrogen) atoms. The van der Waals surface area contributed by atoms with Gasteiger partial charge in [0.15, 0.2) is 0 Å². The Bertz CT molecular complexity index is 973. The molecule has 0 aliphatic carbocycles. The molecule has 0 radical (unpaired) electrons. The van der Waals surface area contributed by atoms with Crippen molar-refractivity contribution in [2.75, 3.05) is 18.5 Å². The van der Waals surface area contributed by atoms with E-state index >= 15 is 0 Å². The molecule has 0 atom stereocenters. The molecular weight excluding hydrogens is 431 g/mol. The van der Waals surface area contributed by atoms with Gasteiger partial charge in [-0.15, -0.1) is 0 Å². The molecule has 0 saturated carbocycles. The van der Waals surface area contributed by atoms with Gasteiger partial charge in [0.25, 0.3) is 11.8 Å². The van der Waals surface area contributed by atoms with Crippen LogP contribution in [0.25, 0.3) is 5.57 Å². The van der Waals surface area contributed by atoms with Gasteiger partial charge in [-0.2, -0.15) is 0 Å². The maximum atomic E-state index is 13.4. The van der Waals surface area contributed by atoms with Crippen molar-refractivity contribution in [2.24, 2.45) is 0 Å². The Hall–Kier alpha value is -2.30. The lowest BCUT2D eigenvalue weighted by molar-refractivity contribution is -0.136. The van der Waals surface area contributed by atoms with Crippen LogP contribution in [0, 0.1) is 0 Å². The number of para-hydroxylation sites is 1. The zero-order valence-electron chi connectivity index (χ0n) is 18.0. The van der Waals surface area contributed by atoms with Gasteiger partial charge in [0, 0.05) is 29.9 Å². The second kappa shape index (κ2) is 10.8. The van der Waals surface area contributed by atoms with Gasteiger partial charge in [0.05, 0.1) is 10.6 Å². The number of hydrogen-bond donors (Lipinski definition) is 0. The van der Waals surface area contributed by atoms with Crippen molar-refractivity contribution < 1.29 is 9.59 Å². The van der Waals surface area contributed by atoms with E-state index in [1.807, 2.05) is 30.3 Å². The van der Waals surface area contributed by atoms with Crippen molar-refractivity contribution in [3.63, 3.8) is 0 Å². The summed E-state index contributed by atoms with van der Waals surface area (Å²) in [5, 5.41) is 0.831. The Morgan fingerprint density at radius 1 is 0.871 bits per heavy atom. The largest absolute Gasteiger partial charge is 0.339 e. The molecule has 0 saturated heterocycles. The number of nitrogens with zero attached hydrogens (tertiary/aromatic N) is 2. The van der Waals surface area contributed by atoms with Crippen molar-refractivity contribution in [3.8, 4) is 0 Å². The predicted octanol–water partition coefficient (Wildman–Crippen LogP) is 6.57. The van der Waals surface area contributed by atoms with Gasteiger partial charge >= 0.3 is 0 Å². The molecule has 2 aromatic carbocycles. The number of hydrogen-bond acceptors (Lipinski definition) is 3. The van der Waals surface area contributed by atoms with E-state index in [0.717, 1.165) is 24.9 Å². The molecular formula is C25H28Cl2N2O2. The van der Waals surface area contributed by atoms with E-state index in [1.54, 1.807) is 30.1 Å². The number of halogens is 2. The number of anilines is 1. The molecule has 2 amide bonds. The van der Waals surface area contributed by atoms with Crippen LogP contribution >= 0.6 is 23.2 Å². The maximum absolute atomic E-state index is 13.4. The van der Waals surface area contributed by atoms with Gasteiger partial charge in [-0.05, 0) is 30.7 Å². The van der Waals surface area contributed by atoms with Crippen LogP contribution in [0.5, 0.6) is 0 Å². The number of rotatable bonds is 10. The lowest BCUT2D eigenvalue weighted by Crippen LogP contribution is -2.35. The van der Waals surface area contributed by atoms with E-state index in [2.05, 4.69) is 6.92 Å². The van der Waals surface area contributed by atoms with Crippen LogP contribution in [-0.4, -0.2) is 30.3 Å². The van der Waals surface area contributed by atoms with Gasteiger partial charge < -0.3 is 4.90 Å². The molecule has 1 aliphatic rings. The highest BCUT2D eigenvalue weighted by Crippen LogP contribution is 2.37. The van der Waals surface area contributed by atoms with Crippen molar-refractivity contribution in [1.29, 1.82) is 0 Å². The minimum atomic E-state index is -0.305. The number of carbonyl (C=O) groups excluding carboxylic acids is 2. The fraction of sp³-hybridized carbons (Fsp3) is 0.360. The van der Waals surface area contributed by atoms with Crippen LogP contribution in [0.15, 0.2) is 54.2 Å². The first-order chi connectivity index (χ1) is 15.0. The summed E-state index contributed by atoms with van der Waals surface area (Å²) in [5.41, 5.74) is 2.01. The SMILES string of the molecule is CCCCCCCCN1C(=O)C(c2ccc(Cl)cc2Cl)=C(N(C)c2ccccc2)C1=O. The molecule has 2 aromatic rings. The molecule has 1 heterocycles. The zero-order chi connectivity index (χ0) is 22.4. The molecule has 4 nitrogen and oxygen atoms in total. The highest BCUT2D eigenvalue weighted by Gasteiger charge is 2.41. The van der Waals surface area contributed by atoms with Crippen LogP contribution in [0.1, 0.15) is 51.0 Å². The minimum Gasteiger partial charge on any atom is -0.339 e. The molecule has 0 aromatic heterocycles. The average Bonchev–Trinajstić information content (AvgIpc) is 3.00. The van der Waals surface area contributed by atoms with Crippen LogP contribution in [0.3, 0.4) is 0 Å². The molecule has 0 spiro atoms. The fourth-order valence-electron chi connectivity index (χ4n) is 3.84. The molecule has 1 aliphatic heterocycles. The van der Waals surface area contributed by atoms with Crippen molar-refractivity contribution >= 4 is 46.3 Å². The summed E-state index contributed by atoms with van der Waals surface area (Å²) in [7, 11) is 1.80. The normalized spacial score (nSPS) is 14.0. The Morgan fingerprint density at radius 3 is 2.23 bits per heavy atom. The average molecular weight is 459 g/mol. The smallest absolute Gasteiger partial charge is 0.278 e. The van der Waals surface area contributed by atoms with E-state index in [4.69, 9.17) is 23.2 Å². The van der Waals surface area contributed by atoms with Crippen molar-refractivity contribution in [1.82, 2.24) is 4.90 Å². The second-order valence-electron chi connectivity index (χ2n) is 7.77. The zero-order valence-corrected chi connectivity index (χ0v) is 19.5. The quantitative estimate of drug-likeness (QED) is 0.298. The molecule has 3 rings (SSSR count). The van der Waals surface area contributed by atoms with E-state index in [0.29, 0.717) is 33.4 Å². The summed E-state index contributed by atoms with van der Waals surface area (Å²) in [6.07, 6.45) is 6.50. The van der Waals surface area contributed by atoms with Crippen LogP contribution in [0.4, 0.5) is 5.69 Å². The number of benzene rings is 2. The number of amides is 2. The third-order valence-corrected chi connectivity index (χ3v) is 6.11. The van der Waals surface area contributed by atoms with Gasteiger partial charge in [-0.25, -0.2) is 0 Å². The summed E-state index contributed by atoms with van der Waals surface area (Å²) >= 11 is 12.5. The monoisotopic (exact) mass is 458 g/mol. The van der Waals surface area contributed by atoms with E-state index in [1.165, 1.54) is 24.2 Å². The number of unbranched alkanes of at least 4 members (excludes halogenated alkanes) is 5.